The largest absolute Gasteiger partial charge is 0.462 e. The fraction of sp³-hybridized carbons (Fsp3) is 0.0870. The molecule has 0 bridgehead atoms. The molecule has 0 aliphatic carbocycles. The second kappa shape index (κ2) is 8.77. The molecule has 0 saturated heterocycles. The first-order chi connectivity index (χ1) is 14.5. The summed E-state index contributed by atoms with van der Waals surface area (Å²) in [7, 11) is 0. The number of nitrogens with one attached hydrogen (secondary N) is 1. The minimum Gasteiger partial charge on any atom is -0.462 e. The summed E-state index contributed by atoms with van der Waals surface area (Å²) in [5.74, 6) is -0.628. The number of aromatic nitrogens is 1. The number of esters is 1. The van der Waals surface area contributed by atoms with Crippen molar-refractivity contribution in [3.8, 4) is 10.6 Å². The van der Waals surface area contributed by atoms with Crippen molar-refractivity contribution >= 4 is 55.7 Å². The number of benzene rings is 2. The minimum absolute atomic E-state index is 0.241. The van der Waals surface area contributed by atoms with Crippen molar-refractivity contribution < 1.29 is 14.3 Å². The monoisotopic (exact) mass is 480 g/mol. The summed E-state index contributed by atoms with van der Waals surface area (Å²) in [6, 6.07) is 19.9. The summed E-state index contributed by atoms with van der Waals surface area (Å²) >= 11 is 5.04. The van der Waals surface area contributed by atoms with E-state index < -0.39 is 0 Å². The van der Waals surface area contributed by atoms with Gasteiger partial charge in [0.1, 0.15) is 0 Å². The molecule has 30 heavy (non-hydrogen) atoms. The predicted molar refractivity (Wildman–Crippen MR) is 123 cm³/mol. The molecule has 0 spiro atoms. The van der Waals surface area contributed by atoms with E-state index in [2.05, 4.69) is 21.2 Å². The number of fused-ring (bicyclic) bond motifs is 1. The molecular formula is C23H17BrN2O3S. The molecule has 0 aliphatic rings. The highest BCUT2D eigenvalue weighted by Gasteiger charge is 2.15. The van der Waals surface area contributed by atoms with Crippen LogP contribution < -0.4 is 5.32 Å². The van der Waals surface area contributed by atoms with E-state index in [-0.39, 0.29) is 11.9 Å². The van der Waals surface area contributed by atoms with E-state index in [1.807, 2.05) is 42.5 Å². The number of nitrogens with zero attached hydrogens (tertiary/aromatic N) is 1. The van der Waals surface area contributed by atoms with E-state index in [1.165, 1.54) is 0 Å². The van der Waals surface area contributed by atoms with Gasteiger partial charge >= 0.3 is 5.97 Å². The molecule has 5 nitrogen and oxygen atoms in total. The van der Waals surface area contributed by atoms with E-state index in [0.29, 0.717) is 23.4 Å². The van der Waals surface area contributed by atoms with Gasteiger partial charge in [-0.25, -0.2) is 9.78 Å². The first-order valence-electron chi connectivity index (χ1n) is 9.29. The zero-order chi connectivity index (χ0) is 21.1. The Balaban J connectivity index is 1.66. The molecule has 1 amide bonds. The Hall–Kier alpha value is -3.03. The normalized spacial score (nSPS) is 10.7. The lowest BCUT2D eigenvalue weighted by Crippen LogP contribution is -2.13. The number of hydrogen-bond acceptors (Lipinski definition) is 5. The van der Waals surface area contributed by atoms with Crippen molar-refractivity contribution in [1.29, 1.82) is 0 Å². The Labute approximate surface area is 185 Å². The third-order valence-corrected chi connectivity index (χ3v) is 6.09. The molecule has 0 unspecified atom stereocenters. The molecule has 0 saturated carbocycles. The average molecular weight is 481 g/mol. The second-order valence-corrected chi connectivity index (χ2v) is 8.89. The number of amides is 1. The minimum atomic E-state index is -0.387. The van der Waals surface area contributed by atoms with Gasteiger partial charge in [-0.05, 0) is 71.4 Å². The van der Waals surface area contributed by atoms with Crippen LogP contribution in [0.4, 0.5) is 5.69 Å². The number of para-hydroxylation sites is 1. The molecule has 7 heteroatoms. The Morgan fingerprint density at radius 3 is 2.53 bits per heavy atom. The molecule has 2 heterocycles. The maximum absolute atomic E-state index is 13.1. The molecule has 1 N–H and O–H groups in total. The smallest absolute Gasteiger partial charge is 0.338 e. The highest BCUT2D eigenvalue weighted by atomic mass is 79.9. The van der Waals surface area contributed by atoms with Crippen LogP contribution in [0.3, 0.4) is 0 Å². The maximum Gasteiger partial charge on any atom is 0.338 e. The molecule has 4 aromatic rings. The quantitative estimate of drug-likeness (QED) is 0.347. The number of carbonyl (C=O) groups excluding carboxylic acids is 2. The number of carbonyl (C=O) groups is 2. The molecular weight excluding hydrogens is 464 g/mol. The van der Waals surface area contributed by atoms with Gasteiger partial charge in [-0.2, -0.15) is 0 Å². The maximum atomic E-state index is 13.1. The summed E-state index contributed by atoms with van der Waals surface area (Å²) in [5, 5.41) is 3.68. The van der Waals surface area contributed by atoms with Crippen molar-refractivity contribution in [2.75, 3.05) is 11.9 Å². The number of rotatable bonds is 5. The number of thiophene rings is 1. The van der Waals surface area contributed by atoms with Crippen LogP contribution in [0.1, 0.15) is 27.6 Å². The summed E-state index contributed by atoms with van der Waals surface area (Å²) in [4.78, 5) is 30.6. The molecule has 2 aromatic heterocycles. The molecule has 2 aromatic carbocycles. The van der Waals surface area contributed by atoms with E-state index in [4.69, 9.17) is 9.72 Å². The van der Waals surface area contributed by atoms with Gasteiger partial charge in [-0.15, -0.1) is 11.3 Å². The van der Waals surface area contributed by atoms with Gasteiger partial charge in [-0.3, -0.25) is 4.79 Å². The number of halogens is 1. The van der Waals surface area contributed by atoms with Crippen molar-refractivity contribution in [2.24, 2.45) is 0 Å². The molecule has 150 valence electrons. The zero-order valence-electron chi connectivity index (χ0n) is 16.0. The molecule has 4 rings (SSSR count). The summed E-state index contributed by atoms with van der Waals surface area (Å²) in [6.45, 7) is 2.07. The van der Waals surface area contributed by atoms with Gasteiger partial charge in [0.2, 0.25) is 0 Å². The van der Waals surface area contributed by atoms with Gasteiger partial charge in [0, 0.05) is 11.1 Å². The fourth-order valence-electron chi connectivity index (χ4n) is 3.04. The lowest BCUT2D eigenvalue weighted by atomic mass is 10.1. The SMILES string of the molecule is CCOC(=O)c1ccc(NC(=O)c2cc(-c3ccc(Br)s3)nc3ccccc23)cc1. The number of ether oxygens (including phenoxy) is 1. The predicted octanol–water partition coefficient (Wildman–Crippen LogP) is 6.15. The van der Waals surface area contributed by atoms with Crippen LogP contribution in [0, 0.1) is 0 Å². The van der Waals surface area contributed by atoms with Gasteiger partial charge in [0.25, 0.3) is 5.91 Å². The summed E-state index contributed by atoms with van der Waals surface area (Å²) < 4.78 is 5.99. The Kier molecular flexibility index (Phi) is 5.92. The number of anilines is 1. The third kappa shape index (κ3) is 4.27. The van der Waals surface area contributed by atoms with Crippen LogP contribution in [0.15, 0.2) is 70.5 Å². The third-order valence-electron chi connectivity index (χ3n) is 4.44. The van der Waals surface area contributed by atoms with Crippen LogP contribution in [0.2, 0.25) is 0 Å². The van der Waals surface area contributed by atoms with Gasteiger partial charge in [-0.1, -0.05) is 18.2 Å². The highest BCUT2D eigenvalue weighted by Crippen LogP contribution is 2.32. The van der Waals surface area contributed by atoms with E-state index in [9.17, 15) is 9.59 Å². The van der Waals surface area contributed by atoms with Crippen molar-refractivity contribution in [1.82, 2.24) is 4.98 Å². The standard InChI is InChI=1S/C23H17BrN2O3S/c1-2-29-23(28)14-7-9-15(10-8-14)25-22(27)17-13-19(20-11-12-21(24)30-20)26-18-6-4-3-5-16(17)18/h3-13H,2H2,1H3,(H,25,27). The Morgan fingerprint density at radius 2 is 1.83 bits per heavy atom. The zero-order valence-corrected chi connectivity index (χ0v) is 18.4. The van der Waals surface area contributed by atoms with E-state index >= 15 is 0 Å². The number of hydrogen-bond donors (Lipinski definition) is 1. The Bertz CT molecular complexity index is 1230. The van der Waals surface area contributed by atoms with Gasteiger partial charge in [0.05, 0.1) is 37.6 Å². The number of pyridine rings is 1. The first kappa shape index (κ1) is 20.3. The topological polar surface area (TPSA) is 68.3 Å². The second-order valence-electron chi connectivity index (χ2n) is 6.43. The van der Waals surface area contributed by atoms with E-state index in [0.717, 1.165) is 25.3 Å². The van der Waals surface area contributed by atoms with Crippen LogP contribution in [-0.4, -0.2) is 23.5 Å². The van der Waals surface area contributed by atoms with Gasteiger partial charge in [0.15, 0.2) is 0 Å². The lowest BCUT2D eigenvalue weighted by molar-refractivity contribution is 0.0526. The molecule has 0 aliphatic heterocycles. The van der Waals surface area contributed by atoms with Crippen molar-refractivity contribution in [3.05, 3.63) is 81.6 Å². The Morgan fingerprint density at radius 1 is 1.07 bits per heavy atom. The fourth-order valence-corrected chi connectivity index (χ4v) is 4.39. The van der Waals surface area contributed by atoms with Crippen molar-refractivity contribution in [3.63, 3.8) is 0 Å². The molecule has 0 radical (unpaired) electrons. The summed E-state index contributed by atoms with van der Waals surface area (Å²) in [6.07, 6.45) is 0. The summed E-state index contributed by atoms with van der Waals surface area (Å²) in [5.41, 5.74) is 3.06. The van der Waals surface area contributed by atoms with Crippen LogP contribution in [0.25, 0.3) is 21.5 Å². The van der Waals surface area contributed by atoms with Crippen molar-refractivity contribution in [2.45, 2.75) is 6.92 Å². The first-order valence-corrected chi connectivity index (χ1v) is 10.9. The van der Waals surface area contributed by atoms with Crippen LogP contribution >= 0.6 is 27.3 Å². The highest BCUT2D eigenvalue weighted by molar-refractivity contribution is 9.11. The molecule has 0 fully saturated rings. The van der Waals surface area contributed by atoms with E-state index in [1.54, 1.807) is 42.5 Å². The average Bonchev–Trinajstić information content (AvgIpc) is 3.20. The van der Waals surface area contributed by atoms with Crippen LogP contribution in [-0.2, 0) is 4.74 Å². The molecule has 0 atom stereocenters. The lowest BCUT2D eigenvalue weighted by Gasteiger charge is -2.10. The van der Waals surface area contributed by atoms with Crippen LogP contribution in [0.5, 0.6) is 0 Å². The van der Waals surface area contributed by atoms with Gasteiger partial charge < -0.3 is 10.1 Å².